The standard InChI is InChI=1S/C30H22BrIN2O4/c1-17-9-18(2)11-23(10-17)34-29(36)24(28(35)33-30(34)37)13-20-14-25(31)27(26(32)15-20)38-16-19-7-8-21-5-3-4-6-22(21)12-19/h3-15H,16H2,1-2H3,(H,33,35,37)/b24-13+. The summed E-state index contributed by atoms with van der Waals surface area (Å²) >= 11 is 5.73. The zero-order chi connectivity index (χ0) is 27.0. The van der Waals surface area contributed by atoms with Gasteiger partial charge in [-0.1, -0.05) is 42.5 Å². The van der Waals surface area contributed by atoms with Crippen LogP contribution in [0.2, 0.25) is 0 Å². The minimum Gasteiger partial charge on any atom is -0.487 e. The molecule has 6 nitrogen and oxygen atoms in total. The van der Waals surface area contributed by atoms with E-state index in [9.17, 15) is 14.4 Å². The minimum atomic E-state index is -0.768. The number of aryl methyl sites for hydroxylation is 2. The highest BCUT2D eigenvalue weighted by atomic mass is 127. The van der Waals surface area contributed by atoms with Crippen molar-refractivity contribution in [2.75, 3.05) is 4.90 Å². The summed E-state index contributed by atoms with van der Waals surface area (Å²) in [6.45, 7) is 4.15. The number of nitrogens with zero attached hydrogens (tertiary/aromatic N) is 1. The van der Waals surface area contributed by atoms with Crippen LogP contribution in [0, 0.1) is 17.4 Å². The van der Waals surface area contributed by atoms with Crippen molar-refractivity contribution in [3.63, 3.8) is 0 Å². The Labute approximate surface area is 241 Å². The number of ether oxygens (including phenoxy) is 1. The number of anilines is 1. The molecular formula is C30H22BrIN2O4. The number of carbonyl (C=O) groups excluding carboxylic acids is 3. The summed E-state index contributed by atoms with van der Waals surface area (Å²) in [6.07, 6.45) is 1.49. The van der Waals surface area contributed by atoms with Gasteiger partial charge in [0.15, 0.2) is 0 Å². The molecule has 1 aliphatic heterocycles. The van der Waals surface area contributed by atoms with Crippen LogP contribution in [-0.4, -0.2) is 17.8 Å². The van der Waals surface area contributed by atoms with E-state index in [0.717, 1.165) is 30.5 Å². The van der Waals surface area contributed by atoms with Crippen LogP contribution < -0.4 is 15.0 Å². The lowest BCUT2D eigenvalue weighted by atomic mass is 10.1. The number of hydrogen-bond donors (Lipinski definition) is 1. The molecule has 0 aromatic heterocycles. The van der Waals surface area contributed by atoms with E-state index in [4.69, 9.17) is 4.74 Å². The zero-order valence-electron chi connectivity index (χ0n) is 20.5. The Kier molecular flexibility index (Phi) is 7.36. The third-order valence-corrected chi connectivity index (χ3v) is 7.49. The number of urea groups is 1. The Morgan fingerprint density at radius 3 is 2.34 bits per heavy atom. The molecule has 1 heterocycles. The molecule has 38 heavy (non-hydrogen) atoms. The van der Waals surface area contributed by atoms with Crippen LogP contribution in [0.5, 0.6) is 5.75 Å². The number of halogens is 2. The molecule has 0 atom stereocenters. The number of rotatable bonds is 5. The number of amides is 4. The summed E-state index contributed by atoms with van der Waals surface area (Å²) in [4.78, 5) is 39.5. The third-order valence-electron chi connectivity index (χ3n) is 6.09. The highest BCUT2D eigenvalue weighted by Gasteiger charge is 2.37. The van der Waals surface area contributed by atoms with Crippen molar-refractivity contribution in [3.05, 3.63) is 109 Å². The Morgan fingerprint density at radius 2 is 1.63 bits per heavy atom. The largest absolute Gasteiger partial charge is 0.487 e. The summed E-state index contributed by atoms with van der Waals surface area (Å²) < 4.78 is 7.61. The van der Waals surface area contributed by atoms with Crippen molar-refractivity contribution in [1.82, 2.24) is 5.32 Å². The van der Waals surface area contributed by atoms with Crippen molar-refractivity contribution in [1.29, 1.82) is 0 Å². The summed E-state index contributed by atoms with van der Waals surface area (Å²) in [5.41, 5.74) is 3.75. The molecule has 4 aromatic rings. The van der Waals surface area contributed by atoms with Gasteiger partial charge in [0.2, 0.25) is 0 Å². The van der Waals surface area contributed by atoms with Gasteiger partial charge in [-0.05, 0) is 122 Å². The lowest BCUT2D eigenvalue weighted by molar-refractivity contribution is -0.122. The fourth-order valence-corrected chi connectivity index (χ4v) is 6.19. The quantitative estimate of drug-likeness (QED) is 0.139. The van der Waals surface area contributed by atoms with Crippen LogP contribution >= 0.6 is 38.5 Å². The molecule has 0 unspecified atom stereocenters. The molecule has 0 bridgehead atoms. The van der Waals surface area contributed by atoms with Crippen molar-refractivity contribution < 1.29 is 19.1 Å². The van der Waals surface area contributed by atoms with Crippen LogP contribution in [0.3, 0.4) is 0 Å². The molecule has 4 aromatic carbocycles. The van der Waals surface area contributed by atoms with Crippen molar-refractivity contribution >= 4 is 78.9 Å². The molecular weight excluding hydrogens is 659 g/mol. The van der Waals surface area contributed by atoms with Gasteiger partial charge < -0.3 is 4.74 Å². The molecule has 0 aliphatic carbocycles. The average molecular weight is 681 g/mol. The molecule has 8 heteroatoms. The highest BCUT2D eigenvalue weighted by molar-refractivity contribution is 14.1. The molecule has 1 aliphatic rings. The molecule has 1 N–H and O–H groups in total. The molecule has 0 radical (unpaired) electrons. The molecule has 5 rings (SSSR count). The number of carbonyl (C=O) groups is 3. The van der Waals surface area contributed by atoms with Crippen LogP contribution in [0.4, 0.5) is 10.5 Å². The monoisotopic (exact) mass is 680 g/mol. The van der Waals surface area contributed by atoms with Crippen LogP contribution in [0.15, 0.2) is 82.8 Å². The molecule has 0 spiro atoms. The first-order chi connectivity index (χ1) is 18.2. The predicted octanol–water partition coefficient (Wildman–Crippen LogP) is 7.07. The van der Waals surface area contributed by atoms with Crippen molar-refractivity contribution in [2.45, 2.75) is 20.5 Å². The first kappa shape index (κ1) is 26.1. The van der Waals surface area contributed by atoms with Gasteiger partial charge in [0.05, 0.1) is 13.7 Å². The Bertz CT molecular complexity index is 1620. The van der Waals surface area contributed by atoms with Crippen molar-refractivity contribution in [2.24, 2.45) is 0 Å². The van der Waals surface area contributed by atoms with Crippen LogP contribution in [-0.2, 0) is 16.2 Å². The van der Waals surface area contributed by atoms with E-state index in [1.54, 1.807) is 18.2 Å². The third kappa shape index (κ3) is 5.37. The van der Waals surface area contributed by atoms with Gasteiger partial charge in [-0.3, -0.25) is 14.9 Å². The van der Waals surface area contributed by atoms with Gasteiger partial charge in [0.25, 0.3) is 11.8 Å². The van der Waals surface area contributed by atoms with Crippen LogP contribution in [0.25, 0.3) is 16.8 Å². The molecule has 1 fully saturated rings. The second kappa shape index (κ2) is 10.7. The fourth-order valence-electron chi connectivity index (χ4n) is 4.42. The average Bonchev–Trinajstić information content (AvgIpc) is 2.85. The summed E-state index contributed by atoms with van der Waals surface area (Å²) in [6, 6.07) is 22.6. The number of fused-ring (bicyclic) bond motifs is 1. The van der Waals surface area contributed by atoms with E-state index in [1.807, 2.05) is 44.2 Å². The first-order valence-electron chi connectivity index (χ1n) is 11.8. The van der Waals surface area contributed by atoms with E-state index in [0.29, 0.717) is 28.1 Å². The van der Waals surface area contributed by atoms with Gasteiger partial charge >= 0.3 is 6.03 Å². The SMILES string of the molecule is Cc1cc(C)cc(N2C(=O)NC(=O)/C(=C\c3cc(Br)c(OCc4ccc5ccccc5c4)c(I)c3)C2=O)c1. The Morgan fingerprint density at radius 1 is 0.921 bits per heavy atom. The number of imide groups is 2. The lowest BCUT2D eigenvalue weighted by Gasteiger charge is -2.27. The van der Waals surface area contributed by atoms with E-state index >= 15 is 0 Å². The van der Waals surface area contributed by atoms with E-state index in [1.165, 1.54) is 11.5 Å². The maximum absolute atomic E-state index is 13.3. The first-order valence-corrected chi connectivity index (χ1v) is 13.7. The maximum atomic E-state index is 13.3. The number of benzene rings is 4. The summed E-state index contributed by atoms with van der Waals surface area (Å²) in [5.74, 6) is -0.748. The highest BCUT2D eigenvalue weighted by Crippen LogP contribution is 2.34. The molecule has 4 amide bonds. The van der Waals surface area contributed by atoms with E-state index < -0.39 is 17.8 Å². The topological polar surface area (TPSA) is 75.7 Å². The predicted molar refractivity (Wildman–Crippen MR) is 160 cm³/mol. The van der Waals surface area contributed by atoms with Crippen molar-refractivity contribution in [3.8, 4) is 5.75 Å². The second-order valence-electron chi connectivity index (χ2n) is 9.09. The van der Waals surface area contributed by atoms with E-state index in [-0.39, 0.29) is 5.57 Å². The zero-order valence-corrected chi connectivity index (χ0v) is 24.3. The van der Waals surface area contributed by atoms with Gasteiger partial charge in [0.1, 0.15) is 17.9 Å². The smallest absolute Gasteiger partial charge is 0.335 e. The van der Waals surface area contributed by atoms with Gasteiger partial charge in [-0.25, -0.2) is 9.69 Å². The van der Waals surface area contributed by atoms with Crippen LogP contribution in [0.1, 0.15) is 22.3 Å². The number of barbiturate groups is 1. The molecule has 190 valence electrons. The maximum Gasteiger partial charge on any atom is 0.335 e. The van der Waals surface area contributed by atoms with E-state index in [2.05, 4.69) is 68.1 Å². The molecule has 1 saturated heterocycles. The fraction of sp³-hybridized carbons (Fsp3) is 0.100. The Hall–Kier alpha value is -3.50. The number of nitrogens with one attached hydrogen (secondary N) is 1. The van der Waals surface area contributed by atoms with Gasteiger partial charge in [0, 0.05) is 0 Å². The van der Waals surface area contributed by atoms with Gasteiger partial charge in [-0.15, -0.1) is 0 Å². The summed E-state index contributed by atoms with van der Waals surface area (Å²) in [7, 11) is 0. The number of hydrogen-bond acceptors (Lipinski definition) is 4. The second-order valence-corrected chi connectivity index (χ2v) is 11.1. The Balaban J connectivity index is 1.40. The molecule has 0 saturated carbocycles. The minimum absolute atomic E-state index is 0.128. The van der Waals surface area contributed by atoms with Gasteiger partial charge in [-0.2, -0.15) is 0 Å². The summed E-state index contributed by atoms with van der Waals surface area (Å²) in [5, 5.41) is 4.60. The normalized spacial score (nSPS) is 14.8. The lowest BCUT2D eigenvalue weighted by Crippen LogP contribution is -2.54.